The summed E-state index contributed by atoms with van der Waals surface area (Å²) in [5.41, 5.74) is 1.11. The number of nitrogens with zero attached hydrogens (tertiary/aromatic N) is 2. The Kier molecular flexibility index (Phi) is 4.74. The molecule has 0 spiro atoms. The Labute approximate surface area is 165 Å². The topological polar surface area (TPSA) is 81.6 Å². The van der Waals surface area contributed by atoms with Crippen LogP contribution in [0.1, 0.15) is 16.1 Å². The molecular weight excluding hydrogens is 396 g/mol. The van der Waals surface area contributed by atoms with E-state index in [4.69, 9.17) is 4.42 Å². The number of carbonyl (C=O) groups is 1. The normalized spacial score (nSPS) is 12.5. The van der Waals surface area contributed by atoms with Gasteiger partial charge in [0.15, 0.2) is 10.6 Å². The molecule has 142 valence electrons. The third-order valence-corrected chi connectivity index (χ3v) is 5.98. The second-order valence-electron chi connectivity index (χ2n) is 6.26. The summed E-state index contributed by atoms with van der Waals surface area (Å²) in [7, 11) is -3.51. The Bertz CT molecular complexity index is 1340. The van der Waals surface area contributed by atoms with Gasteiger partial charge in [-0.3, -0.25) is 4.79 Å². The van der Waals surface area contributed by atoms with Crippen LogP contribution in [0, 0.1) is 0 Å². The summed E-state index contributed by atoms with van der Waals surface area (Å²) in [6.45, 7) is 0.559. The molecule has 4 aromatic rings. The van der Waals surface area contributed by atoms with Crippen molar-refractivity contribution in [2.45, 2.75) is 11.6 Å². The van der Waals surface area contributed by atoms with Crippen molar-refractivity contribution in [1.82, 2.24) is 4.57 Å². The van der Waals surface area contributed by atoms with Crippen molar-refractivity contribution in [2.24, 2.45) is 4.99 Å². The molecule has 0 saturated carbocycles. The zero-order valence-electron chi connectivity index (χ0n) is 14.9. The van der Waals surface area contributed by atoms with Crippen molar-refractivity contribution < 1.29 is 17.6 Å². The summed E-state index contributed by atoms with van der Waals surface area (Å²) in [5.74, 6) is -0.727. The van der Waals surface area contributed by atoms with E-state index in [9.17, 15) is 13.2 Å². The highest BCUT2D eigenvalue weighted by Gasteiger charge is 2.17. The van der Waals surface area contributed by atoms with Gasteiger partial charge in [-0.2, -0.15) is 4.99 Å². The number of furan rings is 1. The molecule has 28 heavy (non-hydrogen) atoms. The third kappa shape index (κ3) is 3.69. The van der Waals surface area contributed by atoms with E-state index in [-0.39, 0.29) is 10.9 Å². The number of amides is 1. The number of aromatic nitrogens is 1. The first-order chi connectivity index (χ1) is 13.4. The molecule has 2 aromatic carbocycles. The minimum absolute atomic E-state index is 0.106. The van der Waals surface area contributed by atoms with Crippen molar-refractivity contribution in [3.8, 4) is 0 Å². The molecule has 0 aliphatic heterocycles. The highest BCUT2D eigenvalue weighted by molar-refractivity contribution is 7.90. The zero-order chi connectivity index (χ0) is 19.7. The first-order valence-electron chi connectivity index (χ1n) is 8.41. The number of rotatable bonds is 4. The number of hydrogen-bond donors (Lipinski definition) is 0. The molecule has 0 fully saturated rings. The molecule has 2 heterocycles. The minimum atomic E-state index is -3.51. The molecule has 0 unspecified atom stereocenters. The van der Waals surface area contributed by atoms with Crippen molar-refractivity contribution >= 4 is 37.9 Å². The molecule has 0 atom stereocenters. The van der Waals surface area contributed by atoms with Gasteiger partial charge in [-0.1, -0.05) is 42.5 Å². The van der Waals surface area contributed by atoms with Crippen LogP contribution in [0.2, 0.25) is 0 Å². The highest BCUT2D eigenvalue weighted by atomic mass is 32.2. The number of sulfone groups is 1. The number of benzene rings is 2. The van der Waals surface area contributed by atoms with Crippen molar-refractivity contribution in [1.29, 1.82) is 0 Å². The van der Waals surface area contributed by atoms with Gasteiger partial charge in [0.1, 0.15) is 0 Å². The Hall–Kier alpha value is -2.97. The summed E-state index contributed by atoms with van der Waals surface area (Å²) in [4.78, 5) is 17.0. The molecule has 6 nitrogen and oxygen atoms in total. The van der Waals surface area contributed by atoms with E-state index in [1.165, 1.54) is 23.5 Å². The maximum absolute atomic E-state index is 12.4. The fourth-order valence-corrected chi connectivity index (χ4v) is 4.18. The van der Waals surface area contributed by atoms with Gasteiger partial charge in [0.25, 0.3) is 0 Å². The van der Waals surface area contributed by atoms with Crippen LogP contribution >= 0.6 is 11.3 Å². The Morgan fingerprint density at radius 2 is 1.89 bits per heavy atom. The van der Waals surface area contributed by atoms with Crippen LogP contribution in [0.3, 0.4) is 0 Å². The summed E-state index contributed by atoms with van der Waals surface area (Å²) >= 11 is 1.33. The monoisotopic (exact) mass is 412 g/mol. The third-order valence-electron chi connectivity index (χ3n) is 4.24. The van der Waals surface area contributed by atoms with Gasteiger partial charge in [0.05, 0.1) is 6.54 Å². The quantitative estimate of drug-likeness (QED) is 0.514. The molecule has 4 rings (SSSR count). The van der Waals surface area contributed by atoms with Gasteiger partial charge in [0, 0.05) is 17.8 Å². The fraction of sp³-hybridized carbons (Fsp3) is 0.100. The molecule has 0 aliphatic carbocycles. The van der Waals surface area contributed by atoms with Crippen LogP contribution in [-0.2, 0) is 16.4 Å². The van der Waals surface area contributed by atoms with E-state index in [1.54, 1.807) is 0 Å². The van der Waals surface area contributed by atoms with Crippen LogP contribution in [0.4, 0.5) is 0 Å². The summed E-state index contributed by atoms with van der Waals surface area (Å²) < 4.78 is 30.0. The van der Waals surface area contributed by atoms with Gasteiger partial charge in [-0.25, -0.2) is 8.42 Å². The SMILES string of the molecule is CS(=O)(=O)c1ccc(C(=O)N=c2sccn2Cc2cccc3ccccc23)o1. The van der Waals surface area contributed by atoms with E-state index in [2.05, 4.69) is 23.2 Å². The first kappa shape index (κ1) is 18.4. The molecule has 0 N–H and O–H groups in total. The molecule has 0 bridgehead atoms. The van der Waals surface area contributed by atoms with Gasteiger partial charge in [-0.05, 0) is 28.5 Å². The lowest BCUT2D eigenvalue weighted by Crippen LogP contribution is -2.17. The van der Waals surface area contributed by atoms with Gasteiger partial charge < -0.3 is 8.98 Å². The predicted molar refractivity (Wildman–Crippen MR) is 107 cm³/mol. The lowest BCUT2D eigenvalue weighted by atomic mass is 10.0. The second-order valence-corrected chi connectivity index (χ2v) is 9.08. The predicted octanol–water partition coefficient (Wildman–Crippen LogP) is 3.49. The molecule has 0 aliphatic rings. The number of carbonyl (C=O) groups excluding carboxylic acids is 1. The second kappa shape index (κ2) is 7.21. The van der Waals surface area contributed by atoms with E-state index < -0.39 is 15.7 Å². The lowest BCUT2D eigenvalue weighted by molar-refractivity contribution is 0.0966. The summed E-state index contributed by atoms with van der Waals surface area (Å²) in [6, 6.07) is 16.8. The number of hydrogen-bond acceptors (Lipinski definition) is 5. The largest absolute Gasteiger partial charge is 0.439 e. The number of fused-ring (bicyclic) bond motifs is 1. The van der Waals surface area contributed by atoms with E-state index >= 15 is 0 Å². The van der Waals surface area contributed by atoms with Crippen LogP contribution in [-0.4, -0.2) is 25.1 Å². The summed E-state index contributed by atoms with van der Waals surface area (Å²) in [6.07, 6.45) is 2.89. The summed E-state index contributed by atoms with van der Waals surface area (Å²) in [5, 5.41) is 3.89. The molecule has 0 radical (unpaired) electrons. The van der Waals surface area contributed by atoms with Crippen LogP contribution in [0.25, 0.3) is 10.8 Å². The van der Waals surface area contributed by atoms with Crippen LogP contribution < -0.4 is 4.80 Å². The number of thiazole rings is 1. The molecule has 8 heteroatoms. The molecule has 2 aromatic heterocycles. The Balaban J connectivity index is 1.67. The Morgan fingerprint density at radius 1 is 1.11 bits per heavy atom. The van der Waals surface area contributed by atoms with Gasteiger partial charge in [-0.15, -0.1) is 11.3 Å². The van der Waals surface area contributed by atoms with E-state index in [0.29, 0.717) is 11.3 Å². The smallest absolute Gasteiger partial charge is 0.315 e. The molecular formula is C20H16N2O4S2. The van der Waals surface area contributed by atoms with E-state index in [0.717, 1.165) is 22.6 Å². The van der Waals surface area contributed by atoms with Crippen molar-refractivity contribution in [3.05, 3.63) is 82.3 Å². The fourth-order valence-electron chi connectivity index (χ4n) is 2.90. The van der Waals surface area contributed by atoms with Crippen LogP contribution in [0.5, 0.6) is 0 Å². The van der Waals surface area contributed by atoms with Gasteiger partial charge in [0.2, 0.25) is 14.9 Å². The van der Waals surface area contributed by atoms with Crippen LogP contribution in [0.15, 0.2) is 80.7 Å². The molecule has 1 amide bonds. The van der Waals surface area contributed by atoms with E-state index in [1.807, 2.05) is 40.4 Å². The van der Waals surface area contributed by atoms with Crippen molar-refractivity contribution in [2.75, 3.05) is 6.26 Å². The van der Waals surface area contributed by atoms with Gasteiger partial charge >= 0.3 is 5.91 Å². The lowest BCUT2D eigenvalue weighted by Gasteiger charge is -2.07. The standard InChI is InChI=1S/C20H16N2O4S2/c1-28(24,25)18-10-9-17(26-18)19(23)21-20-22(11-12-27-20)13-15-7-4-6-14-5-2-3-8-16(14)15/h2-12H,13H2,1H3. The molecule has 0 saturated heterocycles. The van der Waals surface area contributed by atoms with Crippen molar-refractivity contribution in [3.63, 3.8) is 0 Å². The average Bonchev–Trinajstić information content (AvgIpc) is 3.32. The minimum Gasteiger partial charge on any atom is -0.439 e. The Morgan fingerprint density at radius 3 is 2.68 bits per heavy atom. The zero-order valence-corrected chi connectivity index (χ0v) is 16.5. The first-order valence-corrected chi connectivity index (χ1v) is 11.2. The average molecular weight is 412 g/mol. The maximum atomic E-state index is 12.4. The highest BCUT2D eigenvalue weighted by Crippen LogP contribution is 2.19. The maximum Gasteiger partial charge on any atom is 0.315 e.